The molecule has 0 fully saturated rings. The van der Waals surface area contributed by atoms with Gasteiger partial charge >= 0.3 is 0 Å². The lowest BCUT2D eigenvalue weighted by Gasteiger charge is -2.14. The largest absolute Gasteiger partial charge is 0.319 e. The van der Waals surface area contributed by atoms with Crippen molar-refractivity contribution < 1.29 is 0 Å². The Kier molecular flexibility index (Phi) is 3.76. The van der Waals surface area contributed by atoms with Gasteiger partial charge in [0, 0.05) is 0 Å². The maximum Gasteiger partial charge on any atom is 0.0807 e. The highest BCUT2D eigenvalue weighted by atomic mass is 32.1. The van der Waals surface area contributed by atoms with Crippen LogP contribution in [0.25, 0.3) is 10.8 Å². The van der Waals surface area contributed by atoms with Crippen molar-refractivity contribution in [1.82, 2.24) is 9.59 Å². The van der Waals surface area contributed by atoms with Crippen LogP contribution in [0.2, 0.25) is 0 Å². The molecule has 0 bridgehead atoms. The Balaban J connectivity index is 2.08. The topological polar surface area (TPSA) is 51.8 Å². The number of nitrogens with two attached hydrogens (primary N) is 1. The van der Waals surface area contributed by atoms with Crippen LogP contribution in [0.4, 0.5) is 0 Å². The van der Waals surface area contributed by atoms with Crippen LogP contribution >= 0.6 is 11.5 Å². The molecule has 0 saturated carbocycles. The fraction of sp³-hybridized carbons (Fsp3) is 0.250. The van der Waals surface area contributed by atoms with Crippen molar-refractivity contribution in [3.63, 3.8) is 0 Å². The first kappa shape index (κ1) is 13.2. The number of hydrogen-bond donors (Lipinski definition) is 1. The van der Waals surface area contributed by atoms with Gasteiger partial charge in [-0.2, -0.15) is 0 Å². The first-order valence-corrected chi connectivity index (χ1v) is 7.63. The molecule has 3 rings (SSSR count). The summed E-state index contributed by atoms with van der Waals surface area (Å²) in [6.07, 6.45) is 1.99. The molecule has 0 aliphatic rings. The maximum absolute atomic E-state index is 6.49. The highest BCUT2D eigenvalue weighted by Gasteiger charge is 2.18. The Morgan fingerprint density at radius 2 is 1.95 bits per heavy atom. The molecule has 0 radical (unpaired) electrons. The summed E-state index contributed by atoms with van der Waals surface area (Å²) in [5, 5.41) is 6.65. The molecule has 1 unspecified atom stereocenters. The van der Waals surface area contributed by atoms with Crippen molar-refractivity contribution in [1.29, 1.82) is 0 Å². The molecular formula is C16H17N3S. The summed E-state index contributed by atoms with van der Waals surface area (Å²) in [7, 11) is 0. The predicted octanol–water partition coefficient (Wildman–Crippen LogP) is 3.69. The molecule has 2 aromatic carbocycles. The zero-order valence-electron chi connectivity index (χ0n) is 11.4. The Labute approximate surface area is 122 Å². The lowest BCUT2D eigenvalue weighted by Crippen LogP contribution is -2.13. The Bertz CT molecular complexity index is 715. The smallest absolute Gasteiger partial charge is 0.0807 e. The van der Waals surface area contributed by atoms with Gasteiger partial charge in [-0.25, -0.2) is 0 Å². The predicted molar refractivity (Wildman–Crippen MR) is 83.9 cm³/mol. The first-order valence-electron chi connectivity index (χ1n) is 6.85. The number of nitrogens with zero attached hydrogens (tertiary/aromatic N) is 2. The van der Waals surface area contributed by atoms with Gasteiger partial charge in [0.25, 0.3) is 0 Å². The van der Waals surface area contributed by atoms with E-state index in [1.165, 1.54) is 22.3 Å². The van der Waals surface area contributed by atoms with Gasteiger partial charge in [0.2, 0.25) is 0 Å². The molecule has 20 heavy (non-hydrogen) atoms. The zero-order valence-corrected chi connectivity index (χ0v) is 12.2. The molecule has 1 aromatic heterocycles. The number of aromatic nitrogens is 2. The van der Waals surface area contributed by atoms with Crippen molar-refractivity contribution in [2.24, 2.45) is 5.73 Å². The van der Waals surface area contributed by atoms with Crippen LogP contribution < -0.4 is 5.73 Å². The quantitative estimate of drug-likeness (QED) is 0.794. The van der Waals surface area contributed by atoms with Crippen molar-refractivity contribution >= 4 is 22.3 Å². The molecule has 1 heterocycles. The second-order valence-corrected chi connectivity index (χ2v) is 5.67. The summed E-state index contributed by atoms with van der Waals surface area (Å²) in [5.74, 6) is 0. The molecule has 0 aliphatic heterocycles. The second-order valence-electron chi connectivity index (χ2n) is 4.88. The van der Waals surface area contributed by atoms with Crippen molar-refractivity contribution in [3.05, 3.63) is 58.6 Å². The number of aryl methyl sites for hydroxylation is 1. The minimum Gasteiger partial charge on any atom is -0.319 e. The van der Waals surface area contributed by atoms with Gasteiger partial charge in [-0.05, 0) is 34.3 Å². The van der Waals surface area contributed by atoms with Gasteiger partial charge < -0.3 is 5.73 Å². The molecule has 0 aliphatic carbocycles. The van der Waals surface area contributed by atoms with Gasteiger partial charge in [0.1, 0.15) is 0 Å². The Hall–Kier alpha value is -1.78. The fourth-order valence-corrected chi connectivity index (χ4v) is 3.24. The van der Waals surface area contributed by atoms with Crippen LogP contribution in [-0.4, -0.2) is 9.59 Å². The minimum absolute atomic E-state index is 0.150. The van der Waals surface area contributed by atoms with Crippen LogP contribution in [0.5, 0.6) is 0 Å². The molecule has 1 atom stereocenters. The first-order chi connectivity index (χ1) is 9.81. The van der Waals surface area contributed by atoms with Gasteiger partial charge in [-0.15, -0.1) is 5.10 Å². The third-order valence-corrected chi connectivity index (χ3v) is 4.36. The number of hydrogen-bond acceptors (Lipinski definition) is 4. The third-order valence-electron chi connectivity index (χ3n) is 3.51. The van der Waals surface area contributed by atoms with Gasteiger partial charge in [-0.1, -0.05) is 60.3 Å². The van der Waals surface area contributed by atoms with Crippen LogP contribution in [0, 0.1) is 0 Å². The second kappa shape index (κ2) is 5.69. The van der Waals surface area contributed by atoms with E-state index in [2.05, 4.69) is 59.0 Å². The van der Waals surface area contributed by atoms with E-state index in [1.807, 2.05) is 0 Å². The molecule has 3 nitrogen and oxygen atoms in total. The molecule has 2 N–H and O–H groups in total. The third kappa shape index (κ3) is 2.32. The molecule has 102 valence electrons. The van der Waals surface area contributed by atoms with Crippen LogP contribution in [0.1, 0.15) is 35.5 Å². The summed E-state index contributed by atoms with van der Waals surface area (Å²) in [4.78, 5) is 1.09. The molecule has 0 spiro atoms. The van der Waals surface area contributed by atoms with E-state index in [0.29, 0.717) is 0 Å². The van der Waals surface area contributed by atoms with Crippen LogP contribution in [-0.2, 0) is 6.42 Å². The molecule has 4 heteroatoms. The van der Waals surface area contributed by atoms with Crippen LogP contribution in [0.3, 0.4) is 0 Å². The van der Waals surface area contributed by atoms with E-state index in [0.717, 1.165) is 29.0 Å². The highest BCUT2D eigenvalue weighted by molar-refractivity contribution is 7.05. The van der Waals surface area contributed by atoms with Crippen LogP contribution in [0.15, 0.2) is 42.5 Å². The lowest BCUT2D eigenvalue weighted by molar-refractivity contribution is 0.817. The Morgan fingerprint density at radius 3 is 2.80 bits per heavy atom. The number of benzene rings is 2. The Morgan fingerprint density at radius 1 is 1.15 bits per heavy atom. The number of rotatable bonds is 4. The maximum atomic E-state index is 6.49. The normalized spacial score (nSPS) is 12.7. The van der Waals surface area contributed by atoms with Crippen molar-refractivity contribution in [2.45, 2.75) is 25.8 Å². The van der Waals surface area contributed by atoms with Gasteiger partial charge in [0.05, 0.1) is 16.6 Å². The molecule has 0 saturated heterocycles. The average molecular weight is 283 g/mol. The van der Waals surface area contributed by atoms with E-state index >= 15 is 0 Å². The van der Waals surface area contributed by atoms with E-state index in [9.17, 15) is 0 Å². The summed E-state index contributed by atoms with van der Waals surface area (Å²) in [5.41, 5.74) is 8.67. The molecule has 3 aromatic rings. The fourth-order valence-electron chi connectivity index (χ4n) is 2.52. The molecular weight excluding hydrogens is 266 g/mol. The van der Waals surface area contributed by atoms with Crippen molar-refractivity contribution in [3.8, 4) is 0 Å². The summed E-state index contributed by atoms with van der Waals surface area (Å²) >= 11 is 1.41. The summed E-state index contributed by atoms with van der Waals surface area (Å²) in [6.45, 7) is 2.15. The average Bonchev–Trinajstić information content (AvgIpc) is 2.94. The zero-order chi connectivity index (χ0) is 13.9. The lowest BCUT2D eigenvalue weighted by atomic mass is 9.97. The summed E-state index contributed by atoms with van der Waals surface area (Å²) in [6, 6.07) is 14.5. The SMILES string of the molecule is CCCc1nnsc1C(N)c1cccc2ccccc12. The number of fused-ring (bicyclic) bond motifs is 1. The van der Waals surface area contributed by atoms with Crippen molar-refractivity contribution in [2.75, 3.05) is 0 Å². The highest BCUT2D eigenvalue weighted by Crippen LogP contribution is 2.30. The van der Waals surface area contributed by atoms with E-state index in [-0.39, 0.29) is 6.04 Å². The van der Waals surface area contributed by atoms with Gasteiger partial charge in [0.15, 0.2) is 0 Å². The molecule has 0 amide bonds. The van der Waals surface area contributed by atoms with E-state index in [1.54, 1.807) is 0 Å². The van der Waals surface area contributed by atoms with Gasteiger partial charge in [-0.3, -0.25) is 0 Å². The summed E-state index contributed by atoms with van der Waals surface area (Å²) < 4.78 is 4.08. The standard InChI is InChI=1S/C16H17N3S/c1-2-6-14-16(20-19-18-14)15(17)13-10-5-8-11-7-3-4-9-12(11)13/h3-5,7-10,15H,2,6,17H2,1H3. The minimum atomic E-state index is -0.150. The van der Waals surface area contributed by atoms with E-state index in [4.69, 9.17) is 5.73 Å². The van der Waals surface area contributed by atoms with E-state index < -0.39 is 0 Å². The monoisotopic (exact) mass is 283 g/mol.